The number of anilines is 1. The molecule has 0 N–H and O–H groups in total. The number of aryl methyl sites for hydroxylation is 2. The Bertz CT molecular complexity index is 748. The number of amides is 1. The minimum atomic E-state index is -0.357. The van der Waals surface area contributed by atoms with Crippen LogP contribution in [0.2, 0.25) is 0 Å². The van der Waals surface area contributed by atoms with E-state index in [4.69, 9.17) is 0 Å². The molecule has 9 heteroatoms. The first-order valence-electron chi connectivity index (χ1n) is 7.81. The van der Waals surface area contributed by atoms with E-state index in [2.05, 4.69) is 5.10 Å². The summed E-state index contributed by atoms with van der Waals surface area (Å²) in [5, 5.41) is 17.6. The number of nitro groups is 1. The smallest absolute Gasteiger partial charge is 0.334 e. The van der Waals surface area contributed by atoms with Crippen molar-refractivity contribution >= 4 is 28.7 Å². The molecule has 2 aromatic rings. The van der Waals surface area contributed by atoms with E-state index in [9.17, 15) is 14.9 Å². The van der Waals surface area contributed by atoms with Gasteiger partial charge in [-0.1, -0.05) is 13.0 Å². The van der Waals surface area contributed by atoms with Crippen molar-refractivity contribution in [3.05, 3.63) is 38.2 Å². The molecule has 0 unspecified atom stereocenters. The van der Waals surface area contributed by atoms with Crippen molar-refractivity contribution in [1.29, 1.82) is 0 Å². The standard InChI is InChI=1S/C15H19N5O3S/c1-3-11-13(20(22)23)14(17(2)16-11)18-6-8-19(9-7-18)15(21)12-5-4-10-24-12/h4-5,10H,3,6-9H2,1-2H3. The Morgan fingerprint density at radius 1 is 1.38 bits per heavy atom. The van der Waals surface area contributed by atoms with Crippen LogP contribution in [0.5, 0.6) is 0 Å². The van der Waals surface area contributed by atoms with Gasteiger partial charge in [0.1, 0.15) is 5.69 Å². The lowest BCUT2D eigenvalue weighted by Gasteiger charge is -2.35. The number of piperazine rings is 1. The molecular formula is C15H19N5O3S. The van der Waals surface area contributed by atoms with E-state index in [1.807, 2.05) is 29.3 Å². The highest BCUT2D eigenvalue weighted by Crippen LogP contribution is 2.32. The van der Waals surface area contributed by atoms with Crippen molar-refractivity contribution in [3.8, 4) is 0 Å². The summed E-state index contributed by atoms with van der Waals surface area (Å²) < 4.78 is 1.58. The summed E-state index contributed by atoms with van der Waals surface area (Å²) in [5.41, 5.74) is 0.577. The Labute approximate surface area is 143 Å². The highest BCUT2D eigenvalue weighted by Gasteiger charge is 2.32. The zero-order chi connectivity index (χ0) is 17.3. The third-order valence-corrected chi connectivity index (χ3v) is 5.04. The van der Waals surface area contributed by atoms with Gasteiger partial charge >= 0.3 is 5.69 Å². The molecule has 1 fully saturated rings. The van der Waals surface area contributed by atoms with Crippen molar-refractivity contribution in [1.82, 2.24) is 14.7 Å². The fourth-order valence-corrected chi connectivity index (χ4v) is 3.71. The molecule has 0 aromatic carbocycles. The highest BCUT2D eigenvalue weighted by molar-refractivity contribution is 7.12. The molecule has 2 aromatic heterocycles. The molecule has 128 valence electrons. The van der Waals surface area contributed by atoms with Crippen molar-refractivity contribution in [2.45, 2.75) is 13.3 Å². The minimum Gasteiger partial charge on any atom is -0.348 e. The van der Waals surface area contributed by atoms with Crippen LogP contribution in [0, 0.1) is 10.1 Å². The lowest BCUT2D eigenvalue weighted by Crippen LogP contribution is -2.49. The van der Waals surface area contributed by atoms with E-state index >= 15 is 0 Å². The molecule has 0 bridgehead atoms. The van der Waals surface area contributed by atoms with Crippen molar-refractivity contribution in [2.24, 2.45) is 7.05 Å². The topological polar surface area (TPSA) is 84.5 Å². The Morgan fingerprint density at radius 2 is 2.08 bits per heavy atom. The van der Waals surface area contributed by atoms with Crippen molar-refractivity contribution in [2.75, 3.05) is 31.1 Å². The first-order valence-corrected chi connectivity index (χ1v) is 8.68. The number of hydrogen-bond donors (Lipinski definition) is 0. The summed E-state index contributed by atoms with van der Waals surface area (Å²) in [6, 6.07) is 3.68. The average Bonchev–Trinajstić information content (AvgIpc) is 3.21. The number of thiophene rings is 1. The van der Waals surface area contributed by atoms with Gasteiger partial charge in [-0.3, -0.25) is 14.9 Å². The fraction of sp³-hybridized carbons (Fsp3) is 0.467. The van der Waals surface area contributed by atoms with Crippen LogP contribution in [0.1, 0.15) is 22.3 Å². The zero-order valence-corrected chi connectivity index (χ0v) is 14.5. The van der Waals surface area contributed by atoms with Gasteiger partial charge in [0.25, 0.3) is 5.91 Å². The molecule has 0 radical (unpaired) electrons. The maximum absolute atomic E-state index is 12.4. The molecule has 0 aliphatic carbocycles. The Kier molecular flexibility index (Phi) is 4.52. The van der Waals surface area contributed by atoms with Gasteiger partial charge in [-0.2, -0.15) is 5.10 Å². The van der Waals surface area contributed by atoms with Crippen LogP contribution < -0.4 is 4.90 Å². The lowest BCUT2D eigenvalue weighted by atomic mass is 10.2. The third kappa shape index (κ3) is 2.86. The Hall–Kier alpha value is -2.42. The molecule has 1 aliphatic rings. The normalized spacial score (nSPS) is 14.9. The quantitative estimate of drug-likeness (QED) is 0.622. The second-order valence-corrected chi connectivity index (χ2v) is 6.56. The van der Waals surface area contributed by atoms with Crippen LogP contribution in [0.3, 0.4) is 0 Å². The maximum Gasteiger partial charge on any atom is 0.334 e. The summed E-state index contributed by atoms with van der Waals surface area (Å²) in [6.07, 6.45) is 0.515. The molecule has 1 aliphatic heterocycles. The monoisotopic (exact) mass is 349 g/mol. The largest absolute Gasteiger partial charge is 0.348 e. The third-order valence-electron chi connectivity index (χ3n) is 4.18. The summed E-state index contributed by atoms with van der Waals surface area (Å²) in [6.45, 7) is 4.05. The van der Waals surface area contributed by atoms with E-state index in [-0.39, 0.29) is 16.5 Å². The van der Waals surface area contributed by atoms with Gasteiger partial charge in [-0.15, -0.1) is 11.3 Å². The van der Waals surface area contributed by atoms with Crippen LogP contribution in [0.25, 0.3) is 0 Å². The van der Waals surface area contributed by atoms with Gasteiger partial charge in [0, 0.05) is 33.2 Å². The zero-order valence-electron chi connectivity index (χ0n) is 13.6. The van der Waals surface area contributed by atoms with Crippen molar-refractivity contribution < 1.29 is 9.72 Å². The van der Waals surface area contributed by atoms with Crippen molar-refractivity contribution in [3.63, 3.8) is 0 Å². The molecular weight excluding hydrogens is 330 g/mol. The summed E-state index contributed by atoms with van der Waals surface area (Å²) in [5.74, 6) is 0.554. The molecule has 0 atom stereocenters. The maximum atomic E-state index is 12.4. The second kappa shape index (κ2) is 6.60. The van der Waals surface area contributed by atoms with E-state index in [1.165, 1.54) is 11.3 Å². The second-order valence-electron chi connectivity index (χ2n) is 5.61. The number of rotatable bonds is 4. The van der Waals surface area contributed by atoms with Crippen LogP contribution >= 0.6 is 11.3 Å². The first kappa shape index (κ1) is 16.4. The number of hydrogen-bond acceptors (Lipinski definition) is 6. The van der Waals surface area contributed by atoms with Gasteiger partial charge in [0.05, 0.1) is 9.80 Å². The fourth-order valence-electron chi connectivity index (χ4n) is 3.02. The van der Waals surface area contributed by atoms with Crippen LogP contribution in [-0.4, -0.2) is 51.7 Å². The Balaban J connectivity index is 1.77. The number of aromatic nitrogens is 2. The molecule has 3 heterocycles. The molecule has 3 rings (SSSR count). The Morgan fingerprint density at radius 3 is 2.62 bits per heavy atom. The summed E-state index contributed by atoms with van der Waals surface area (Å²) in [4.78, 5) is 27.9. The molecule has 1 amide bonds. The van der Waals surface area contributed by atoms with Crippen LogP contribution in [0.15, 0.2) is 17.5 Å². The van der Waals surface area contributed by atoms with Gasteiger partial charge in [-0.05, 0) is 17.9 Å². The number of nitrogens with zero attached hydrogens (tertiary/aromatic N) is 5. The number of carbonyl (C=O) groups excluding carboxylic acids is 1. The predicted octanol–water partition coefficient (Wildman–Crippen LogP) is 1.91. The molecule has 24 heavy (non-hydrogen) atoms. The first-order chi connectivity index (χ1) is 11.5. The lowest BCUT2D eigenvalue weighted by molar-refractivity contribution is -0.384. The van der Waals surface area contributed by atoms with E-state index in [0.29, 0.717) is 44.1 Å². The predicted molar refractivity (Wildman–Crippen MR) is 91.7 cm³/mol. The minimum absolute atomic E-state index is 0.0263. The number of carbonyl (C=O) groups is 1. The van der Waals surface area contributed by atoms with E-state index < -0.39 is 0 Å². The highest BCUT2D eigenvalue weighted by atomic mass is 32.1. The van der Waals surface area contributed by atoms with Gasteiger partial charge in [-0.25, -0.2) is 4.68 Å². The van der Waals surface area contributed by atoms with Gasteiger partial charge in [0.2, 0.25) is 5.82 Å². The van der Waals surface area contributed by atoms with Gasteiger partial charge < -0.3 is 9.80 Å². The van der Waals surface area contributed by atoms with Crippen LogP contribution in [0.4, 0.5) is 11.5 Å². The SMILES string of the molecule is CCc1nn(C)c(N2CCN(C(=O)c3cccs3)CC2)c1[N+](=O)[O-]. The van der Waals surface area contributed by atoms with E-state index in [0.717, 1.165) is 4.88 Å². The van der Waals surface area contributed by atoms with Crippen LogP contribution in [-0.2, 0) is 13.5 Å². The average molecular weight is 349 g/mol. The summed E-state index contributed by atoms with van der Waals surface area (Å²) in [7, 11) is 1.73. The molecule has 1 saturated heterocycles. The molecule has 0 spiro atoms. The molecule has 8 nitrogen and oxygen atoms in total. The summed E-state index contributed by atoms with van der Waals surface area (Å²) >= 11 is 1.43. The molecule has 0 saturated carbocycles. The van der Waals surface area contributed by atoms with E-state index in [1.54, 1.807) is 16.6 Å². The van der Waals surface area contributed by atoms with Gasteiger partial charge in [0.15, 0.2) is 0 Å².